The Bertz CT molecular complexity index is 368. The highest BCUT2D eigenvalue weighted by Crippen LogP contribution is 2.21. The Hall–Kier alpha value is -1.38. The predicted molar refractivity (Wildman–Crippen MR) is 80.3 cm³/mol. The summed E-state index contributed by atoms with van der Waals surface area (Å²) in [6.07, 6.45) is 1.26. The van der Waals surface area contributed by atoms with Crippen LogP contribution in [-0.2, 0) is 14.3 Å². The summed E-state index contributed by atoms with van der Waals surface area (Å²) in [7, 11) is 0. The van der Waals surface area contributed by atoms with Crippen molar-refractivity contribution in [3.05, 3.63) is 0 Å². The molecule has 0 radical (unpaired) electrons. The van der Waals surface area contributed by atoms with Crippen LogP contribution in [0, 0.1) is 5.92 Å². The second-order valence-electron chi connectivity index (χ2n) is 5.68. The summed E-state index contributed by atoms with van der Waals surface area (Å²) in [5.41, 5.74) is 4.97. The molecule has 2 fully saturated rings. The third-order valence-electron chi connectivity index (χ3n) is 4.18. The first-order valence-corrected chi connectivity index (χ1v) is 7.86. The Labute approximate surface area is 130 Å². The van der Waals surface area contributed by atoms with Crippen LogP contribution in [-0.4, -0.2) is 75.5 Å². The van der Waals surface area contributed by atoms with E-state index >= 15 is 0 Å². The first kappa shape index (κ1) is 17.0. The van der Waals surface area contributed by atoms with Crippen LogP contribution in [0.25, 0.3) is 0 Å². The van der Waals surface area contributed by atoms with E-state index in [0.29, 0.717) is 12.5 Å². The van der Waals surface area contributed by atoms with Crippen molar-refractivity contribution in [2.24, 2.45) is 11.7 Å². The van der Waals surface area contributed by atoms with Gasteiger partial charge < -0.3 is 25.8 Å². The van der Waals surface area contributed by atoms with Crippen LogP contribution in [0.15, 0.2) is 0 Å². The molecule has 2 aliphatic rings. The molecule has 0 aliphatic carbocycles. The van der Waals surface area contributed by atoms with E-state index in [-0.39, 0.29) is 24.9 Å². The molecule has 2 saturated heterocycles. The molecule has 0 unspecified atom stereocenters. The van der Waals surface area contributed by atoms with Gasteiger partial charge in [-0.05, 0) is 6.42 Å². The number of morpholine rings is 1. The van der Waals surface area contributed by atoms with Crippen molar-refractivity contribution < 1.29 is 19.1 Å². The summed E-state index contributed by atoms with van der Waals surface area (Å²) in [6, 6.07) is -0.332. The maximum absolute atomic E-state index is 11.8. The van der Waals surface area contributed by atoms with E-state index in [4.69, 9.17) is 15.2 Å². The SMILES string of the molecule is NC(=O)NCCC(=O)NC[C@@H]([C@@H]1CCOC1)N1CCOCC1. The summed E-state index contributed by atoms with van der Waals surface area (Å²) in [4.78, 5) is 24.8. The fraction of sp³-hybridized carbons (Fsp3) is 0.857. The summed E-state index contributed by atoms with van der Waals surface area (Å²) >= 11 is 0. The summed E-state index contributed by atoms with van der Waals surface area (Å²) in [5, 5.41) is 5.38. The monoisotopic (exact) mass is 314 g/mol. The summed E-state index contributed by atoms with van der Waals surface area (Å²) in [6.45, 7) is 5.66. The number of hydrogen-bond acceptors (Lipinski definition) is 5. The van der Waals surface area contributed by atoms with Gasteiger partial charge in [0.1, 0.15) is 0 Å². The van der Waals surface area contributed by atoms with Gasteiger partial charge in [0.2, 0.25) is 5.91 Å². The second kappa shape index (κ2) is 8.92. The molecule has 3 amide bonds. The first-order chi connectivity index (χ1) is 10.7. The average Bonchev–Trinajstić information content (AvgIpc) is 3.02. The minimum absolute atomic E-state index is 0.0778. The molecule has 2 atom stereocenters. The molecule has 0 aromatic heterocycles. The van der Waals surface area contributed by atoms with Crippen molar-refractivity contribution in [3.63, 3.8) is 0 Å². The molecule has 0 bridgehead atoms. The van der Waals surface area contributed by atoms with E-state index in [1.807, 2.05) is 0 Å². The predicted octanol–water partition coefficient (Wildman–Crippen LogP) is -1.10. The van der Waals surface area contributed by atoms with Gasteiger partial charge in [-0.25, -0.2) is 4.79 Å². The van der Waals surface area contributed by atoms with Crippen LogP contribution >= 0.6 is 0 Å². The van der Waals surface area contributed by atoms with Crippen LogP contribution in [0.4, 0.5) is 4.79 Å². The van der Waals surface area contributed by atoms with E-state index in [2.05, 4.69) is 15.5 Å². The molecular formula is C14H26N4O4. The third-order valence-corrected chi connectivity index (χ3v) is 4.18. The van der Waals surface area contributed by atoms with E-state index in [9.17, 15) is 9.59 Å². The van der Waals surface area contributed by atoms with E-state index < -0.39 is 6.03 Å². The lowest BCUT2D eigenvalue weighted by molar-refractivity contribution is -0.121. The van der Waals surface area contributed by atoms with E-state index in [0.717, 1.165) is 45.9 Å². The Morgan fingerprint density at radius 2 is 1.95 bits per heavy atom. The van der Waals surface area contributed by atoms with Crippen molar-refractivity contribution in [1.29, 1.82) is 0 Å². The molecule has 8 heteroatoms. The molecular weight excluding hydrogens is 288 g/mol. The number of ether oxygens (including phenoxy) is 2. The zero-order valence-corrected chi connectivity index (χ0v) is 12.9. The van der Waals surface area contributed by atoms with Gasteiger partial charge in [-0.2, -0.15) is 0 Å². The number of nitrogens with two attached hydrogens (primary N) is 1. The van der Waals surface area contributed by atoms with Crippen LogP contribution in [0.1, 0.15) is 12.8 Å². The quantitative estimate of drug-likeness (QED) is 0.553. The van der Waals surface area contributed by atoms with Crippen molar-refractivity contribution in [2.45, 2.75) is 18.9 Å². The Kier molecular flexibility index (Phi) is 6.88. The number of nitrogens with zero attached hydrogens (tertiary/aromatic N) is 1. The van der Waals surface area contributed by atoms with Gasteiger partial charge in [-0.15, -0.1) is 0 Å². The number of carbonyl (C=O) groups excluding carboxylic acids is 2. The standard InChI is InChI=1S/C14H26N4O4/c15-14(20)16-3-1-13(19)17-9-12(11-2-6-22-10-11)18-4-7-21-8-5-18/h11-12H,1-10H2,(H,17,19)(H3,15,16,20)/t11-,12+/m1/s1. The Morgan fingerprint density at radius 1 is 1.18 bits per heavy atom. The number of rotatable bonds is 7. The molecule has 4 N–H and O–H groups in total. The minimum atomic E-state index is -0.609. The molecule has 0 aromatic carbocycles. The smallest absolute Gasteiger partial charge is 0.312 e. The third kappa shape index (κ3) is 5.43. The van der Waals surface area contributed by atoms with Gasteiger partial charge in [0, 0.05) is 51.2 Å². The number of nitrogens with one attached hydrogen (secondary N) is 2. The topological polar surface area (TPSA) is 106 Å². The molecule has 2 rings (SSSR count). The van der Waals surface area contributed by atoms with Gasteiger partial charge in [0.15, 0.2) is 0 Å². The normalized spacial score (nSPS) is 23.9. The van der Waals surface area contributed by atoms with Crippen LogP contribution in [0.5, 0.6) is 0 Å². The van der Waals surface area contributed by atoms with Gasteiger partial charge in [0.05, 0.1) is 19.8 Å². The number of hydrogen-bond donors (Lipinski definition) is 3. The Morgan fingerprint density at radius 3 is 2.59 bits per heavy atom. The molecule has 0 saturated carbocycles. The number of primary amides is 1. The van der Waals surface area contributed by atoms with Gasteiger partial charge in [-0.1, -0.05) is 0 Å². The lowest BCUT2D eigenvalue weighted by Gasteiger charge is -2.37. The zero-order chi connectivity index (χ0) is 15.8. The molecule has 2 aliphatic heterocycles. The highest BCUT2D eigenvalue weighted by Gasteiger charge is 2.31. The molecule has 8 nitrogen and oxygen atoms in total. The fourth-order valence-electron chi connectivity index (χ4n) is 2.97. The van der Waals surface area contributed by atoms with Crippen LogP contribution in [0.2, 0.25) is 0 Å². The van der Waals surface area contributed by atoms with E-state index in [1.54, 1.807) is 0 Å². The van der Waals surface area contributed by atoms with Gasteiger partial charge in [-0.3, -0.25) is 9.69 Å². The maximum Gasteiger partial charge on any atom is 0.312 e. The highest BCUT2D eigenvalue weighted by atomic mass is 16.5. The number of urea groups is 1. The van der Waals surface area contributed by atoms with Gasteiger partial charge >= 0.3 is 6.03 Å². The lowest BCUT2D eigenvalue weighted by atomic mass is 9.97. The fourth-order valence-corrected chi connectivity index (χ4v) is 2.97. The average molecular weight is 314 g/mol. The molecule has 22 heavy (non-hydrogen) atoms. The molecule has 0 aromatic rings. The number of carbonyl (C=O) groups is 2. The highest BCUT2D eigenvalue weighted by molar-refractivity contribution is 5.77. The van der Waals surface area contributed by atoms with E-state index in [1.165, 1.54) is 0 Å². The van der Waals surface area contributed by atoms with Crippen molar-refractivity contribution >= 4 is 11.9 Å². The first-order valence-electron chi connectivity index (χ1n) is 7.86. The summed E-state index contributed by atoms with van der Waals surface area (Å²) in [5.74, 6) is 0.369. The van der Waals surface area contributed by atoms with Crippen molar-refractivity contribution in [1.82, 2.24) is 15.5 Å². The zero-order valence-electron chi connectivity index (χ0n) is 12.9. The van der Waals surface area contributed by atoms with Crippen molar-refractivity contribution in [3.8, 4) is 0 Å². The van der Waals surface area contributed by atoms with Gasteiger partial charge in [0.25, 0.3) is 0 Å². The minimum Gasteiger partial charge on any atom is -0.381 e. The summed E-state index contributed by atoms with van der Waals surface area (Å²) < 4.78 is 10.9. The maximum atomic E-state index is 11.8. The Balaban J connectivity index is 1.78. The second-order valence-corrected chi connectivity index (χ2v) is 5.68. The molecule has 126 valence electrons. The molecule has 2 heterocycles. The molecule has 0 spiro atoms. The largest absolute Gasteiger partial charge is 0.381 e. The van der Waals surface area contributed by atoms with Crippen LogP contribution < -0.4 is 16.4 Å². The van der Waals surface area contributed by atoms with Crippen LogP contribution in [0.3, 0.4) is 0 Å². The lowest BCUT2D eigenvalue weighted by Crippen LogP contribution is -2.52. The number of amides is 3. The van der Waals surface area contributed by atoms with Crippen molar-refractivity contribution in [2.75, 3.05) is 52.6 Å².